The number of amides is 2. The van der Waals surface area contributed by atoms with Gasteiger partial charge in [0.2, 0.25) is 0 Å². The van der Waals surface area contributed by atoms with Gasteiger partial charge in [0.05, 0.1) is 0 Å². The van der Waals surface area contributed by atoms with Crippen molar-refractivity contribution in [2.75, 3.05) is 13.6 Å². The Morgan fingerprint density at radius 1 is 1.55 bits per heavy atom. The molecule has 1 N–H and O–H groups in total. The molecule has 11 heavy (non-hydrogen) atoms. The second-order valence-electron chi connectivity index (χ2n) is 3.20. The van der Waals surface area contributed by atoms with Gasteiger partial charge in [-0.25, -0.2) is 9.80 Å². The van der Waals surface area contributed by atoms with Crippen LogP contribution < -0.4 is 5.43 Å². The molecule has 2 fully saturated rings. The number of nitrogens with zero attached hydrogens (tertiary/aromatic N) is 2. The van der Waals surface area contributed by atoms with Gasteiger partial charge in [-0.05, 0) is 19.3 Å². The average Bonchev–Trinajstić information content (AvgIpc) is 2.30. The van der Waals surface area contributed by atoms with Crippen molar-refractivity contribution in [3.05, 3.63) is 0 Å². The first kappa shape index (κ1) is 6.91. The Bertz CT molecular complexity index is 183. The molecule has 1 unspecified atom stereocenters. The van der Waals surface area contributed by atoms with Crippen molar-refractivity contribution >= 4 is 6.03 Å². The first-order valence-corrected chi connectivity index (χ1v) is 4.09. The number of carbonyl (C=O) groups excluding carboxylic acids is 1. The van der Waals surface area contributed by atoms with E-state index < -0.39 is 0 Å². The lowest BCUT2D eigenvalue weighted by Gasteiger charge is -2.29. The molecule has 0 aromatic heterocycles. The topological polar surface area (TPSA) is 35.6 Å². The van der Waals surface area contributed by atoms with Crippen LogP contribution >= 0.6 is 0 Å². The molecule has 2 rings (SSSR count). The summed E-state index contributed by atoms with van der Waals surface area (Å²) in [6, 6.07) is 0.0669. The predicted octanol–water partition coefficient (Wildman–Crippen LogP) is 0.368. The van der Waals surface area contributed by atoms with Crippen molar-refractivity contribution < 1.29 is 4.79 Å². The molecule has 0 aromatic carbocycles. The van der Waals surface area contributed by atoms with E-state index in [9.17, 15) is 4.79 Å². The van der Waals surface area contributed by atoms with Gasteiger partial charge in [-0.1, -0.05) is 0 Å². The van der Waals surface area contributed by atoms with Crippen LogP contribution in [0, 0.1) is 0 Å². The summed E-state index contributed by atoms with van der Waals surface area (Å²) in [4.78, 5) is 13.1. The van der Waals surface area contributed by atoms with Crippen LogP contribution in [0.25, 0.3) is 0 Å². The Kier molecular flexibility index (Phi) is 1.49. The van der Waals surface area contributed by atoms with Crippen molar-refractivity contribution in [2.24, 2.45) is 0 Å². The van der Waals surface area contributed by atoms with E-state index in [1.807, 2.05) is 17.0 Å². The van der Waals surface area contributed by atoms with E-state index in [0.29, 0.717) is 6.17 Å². The molecule has 4 nitrogen and oxygen atoms in total. The quantitative estimate of drug-likeness (QED) is 0.548. The predicted molar refractivity (Wildman–Crippen MR) is 40.6 cm³/mol. The summed E-state index contributed by atoms with van der Waals surface area (Å²) in [6.07, 6.45) is 3.81. The Hall–Kier alpha value is -0.770. The van der Waals surface area contributed by atoms with Gasteiger partial charge in [0.15, 0.2) is 0 Å². The minimum absolute atomic E-state index is 0.0669. The highest BCUT2D eigenvalue weighted by atomic mass is 16.2. The first-order chi connectivity index (χ1) is 5.29. The number of carbonyl (C=O) groups is 1. The smallest absolute Gasteiger partial charge is 0.306 e. The summed E-state index contributed by atoms with van der Waals surface area (Å²) in [5.74, 6) is 0. The van der Waals surface area contributed by atoms with Crippen molar-refractivity contribution in [1.29, 1.82) is 0 Å². The van der Waals surface area contributed by atoms with E-state index in [4.69, 9.17) is 0 Å². The third kappa shape index (κ3) is 0.976. The largest absolute Gasteiger partial charge is 0.333 e. The Balaban J connectivity index is 2.13. The average molecular weight is 155 g/mol. The number of hydrazine groups is 1. The molecule has 2 saturated heterocycles. The highest BCUT2D eigenvalue weighted by Gasteiger charge is 2.36. The van der Waals surface area contributed by atoms with Crippen LogP contribution in [-0.2, 0) is 0 Å². The number of rotatable bonds is 0. The number of piperidine rings is 1. The fourth-order valence-electron chi connectivity index (χ4n) is 1.84. The summed E-state index contributed by atoms with van der Waals surface area (Å²) in [5.41, 5.74) is 2.78. The lowest BCUT2D eigenvalue weighted by Crippen LogP contribution is -2.41. The lowest BCUT2D eigenvalue weighted by molar-refractivity contribution is 0.110. The minimum atomic E-state index is 0.0669. The zero-order valence-corrected chi connectivity index (χ0v) is 6.71. The van der Waals surface area contributed by atoms with Crippen LogP contribution in [0.2, 0.25) is 0 Å². The number of urea groups is 1. The molecule has 0 saturated carbocycles. The summed E-state index contributed by atoms with van der Waals surface area (Å²) < 4.78 is 0. The summed E-state index contributed by atoms with van der Waals surface area (Å²) in [7, 11) is 1.92. The molecule has 0 aromatic rings. The molecule has 1 atom stereocenters. The molecule has 0 spiro atoms. The van der Waals surface area contributed by atoms with Gasteiger partial charge in [0.1, 0.15) is 6.17 Å². The minimum Gasteiger partial charge on any atom is -0.306 e. The maximum atomic E-state index is 11.2. The van der Waals surface area contributed by atoms with E-state index in [0.717, 1.165) is 19.4 Å². The number of hydrogen-bond acceptors (Lipinski definition) is 2. The van der Waals surface area contributed by atoms with Crippen LogP contribution in [0.5, 0.6) is 0 Å². The maximum Gasteiger partial charge on any atom is 0.333 e. The first-order valence-electron chi connectivity index (χ1n) is 4.09. The highest BCUT2D eigenvalue weighted by Crippen LogP contribution is 2.21. The van der Waals surface area contributed by atoms with Crippen molar-refractivity contribution in [1.82, 2.24) is 15.3 Å². The van der Waals surface area contributed by atoms with E-state index in [2.05, 4.69) is 5.43 Å². The summed E-state index contributed by atoms with van der Waals surface area (Å²) in [5, 5.41) is 1.90. The molecular formula is C7H13N3O. The van der Waals surface area contributed by atoms with Crippen LogP contribution in [0.1, 0.15) is 19.3 Å². The normalized spacial score (nSPS) is 31.9. The molecule has 4 heteroatoms. The van der Waals surface area contributed by atoms with E-state index in [1.54, 1.807) is 0 Å². The third-order valence-corrected chi connectivity index (χ3v) is 2.45. The van der Waals surface area contributed by atoms with Crippen LogP contribution in [0.15, 0.2) is 0 Å². The summed E-state index contributed by atoms with van der Waals surface area (Å²) >= 11 is 0. The van der Waals surface area contributed by atoms with Gasteiger partial charge in [-0.15, -0.1) is 0 Å². The number of hydrogen-bond donors (Lipinski definition) is 1. The molecule has 2 amide bonds. The monoisotopic (exact) mass is 155 g/mol. The van der Waals surface area contributed by atoms with Gasteiger partial charge in [0.25, 0.3) is 0 Å². The summed E-state index contributed by atoms with van der Waals surface area (Å²) in [6.45, 7) is 0.918. The molecule has 0 radical (unpaired) electrons. The van der Waals surface area contributed by atoms with Gasteiger partial charge in [-0.2, -0.15) is 0 Å². The molecule has 0 aliphatic carbocycles. The van der Waals surface area contributed by atoms with Crippen LogP contribution in [0.3, 0.4) is 0 Å². The molecule has 62 valence electrons. The molecule has 2 aliphatic heterocycles. The zero-order chi connectivity index (χ0) is 7.84. The molecule has 2 aliphatic rings. The Morgan fingerprint density at radius 2 is 2.36 bits per heavy atom. The van der Waals surface area contributed by atoms with E-state index >= 15 is 0 Å². The second kappa shape index (κ2) is 2.37. The van der Waals surface area contributed by atoms with Gasteiger partial charge >= 0.3 is 6.03 Å². The van der Waals surface area contributed by atoms with Gasteiger partial charge in [0, 0.05) is 13.6 Å². The standard InChI is InChI=1S/C7H13N3O/c1-9-6-4-2-3-5-10(6)7(11)8-9/h6H,2-5H2,1H3,(H,8,11). The van der Waals surface area contributed by atoms with Crippen molar-refractivity contribution in [3.8, 4) is 0 Å². The van der Waals surface area contributed by atoms with E-state index in [-0.39, 0.29) is 6.03 Å². The maximum absolute atomic E-state index is 11.2. The molecule has 0 bridgehead atoms. The van der Waals surface area contributed by atoms with Crippen molar-refractivity contribution in [2.45, 2.75) is 25.4 Å². The Labute approximate surface area is 66.1 Å². The van der Waals surface area contributed by atoms with E-state index in [1.165, 1.54) is 6.42 Å². The number of fused-ring (bicyclic) bond motifs is 1. The zero-order valence-electron chi connectivity index (χ0n) is 6.71. The highest BCUT2D eigenvalue weighted by molar-refractivity contribution is 5.75. The molecular weight excluding hydrogens is 142 g/mol. The molecule has 2 heterocycles. The fraction of sp³-hybridized carbons (Fsp3) is 0.857. The SMILES string of the molecule is CN1NC(=O)N2CCCCC12. The third-order valence-electron chi connectivity index (χ3n) is 2.45. The van der Waals surface area contributed by atoms with Crippen molar-refractivity contribution in [3.63, 3.8) is 0 Å². The Morgan fingerprint density at radius 3 is 3.09 bits per heavy atom. The van der Waals surface area contributed by atoms with Crippen LogP contribution in [-0.4, -0.2) is 35.7 Å². The lowest BCUT2D eigenvalue weighted by atomic mass is 10.1. The van der Waals surface area contributed by atoms with Gasteiger partial charge < -0.3 is 4.90 Å². The fourth-order valence-corrected chi connectivity index (χ4v) is 1.84. The van der Waals surface area contributed by atoms with Crippen LogP contribution in [0.4, 0.5) is 4.79 Å². The van der Waals surface area contributed by atoms with Gasteiger partial charge in [-0.3, -0.25) is 5.43 Å². The second-order valence-corrected chi connectivity index (χ2v) is 3.20. The number of nitrogens with one attached hydrogen (secondary N) is 1.